The number of hydrogen-bond acceptors (Lipinski definition) is 3. The fourth-order valence-corrected chi connectivity index (χ4v) is 1.74. The number of carboxylic acid groups (broad SMARTS) is 1. The van der Waals surface area contributed by atoms with Crippen molar-refractivity contribution in [1.29, 1.82) is 0 Å². The molecule has 0 fully saturated rings. The molecule has 1 unspecified atom stereocenters. The standard InChI is InChI=1S/C13H16O4/c1-4-17-13(16)11(12(14)15)10-6-5-8(2)7-9(10)3/h5-7,11H,4H2,1-3H3,(H,14,15). The third-order valence-electron chi connectivity index (χ3n) is 2.51. The van der Waals surface area contributed by atoms with E-state index in [0.29, 0.717) is 5.56 Å². The van der Waals surface area contributed by atoms with Crippen LogP contribution in [0.1, 0.15) is 29.5 Å². The highest BCUT2D eigenvalue weighted by atomic mass is 16.5. The minimum Gasteiger partial charge on any atom is -0.480 e. The molecule has 4 nitrogen and oxygen atoms in total. The largest absolute Gasteiger partial charge is 0.480 e. The summed E-state index contributed by atoms with van der Waals surface area (Å²) in [5.74, 6) is -3.14. The lowest BCUT2D eigenvalue weighted by molar-refractivity contribution is -0.153. The van der Waals surface area contributed by atoms with Gasteiger partial charge >= 0.3 is 11.9 Å². The van der Waals surface area contributed by atoms with E-state index in [2.05, 4.69) is 0 Å². The predicted molar refractivity (Wildman–Crippen MR) is 62.9 cm³/mol. The highest BCUT2D eigenvalue weighted by Crippen LogP contribution is 2.22. The average molecular weight is 236 g/mol. The normalized spacial score (nSPS) is 11.9. The molecule has 0 saturated carbocycles. The summed E-state index contributed by atoms with van der Waals surface area (Å²) in [7, 11) is 0. The fourth-order valence-electron chi connectivity index (χ4n) is 1.74. The second-order valence-electron chi connectivity index (χ2n) is 3.88. The van der Waals surface area contributed by atoms with Gasteiger partial charge in [0.15, 0.2) is 5.92 Å². The average Bonchev–Trinajstić information content (AvgIpc) is 2.21. The summed E-state index contributed by atoms with van der Waals surface area (Å²) in [6, 6.07) is 5.31. The first-order chi connectivity index (χ1) is 7.97. The van der Waals surface area contributed by atoms with E-state index >= 15 is 0 Å². The number of rotatable bonds is 4. The fraction of sp³-hybridized carbons (Fsp3) is 0.385. The Bertz CT molecular complexity index is 437. The second-order valence-corrected chi connectivity index (χ2v) is 3.88. The number of hydrogen-bond donors (Lipinski definition) is 1. The molecule has 0 radical (unpaired) electrons. The molecule has 1 aromatic carbocycles. The van der Waals surface area contributed by atoms with Crippen LogP contribution >= 0.6 is 0 Å². The third kappa shape index (κ3) is 3.06. The summed E-state index contributed by atoms with van der Waals surface area (Å²) in [4.78, 5) is 22.8. The first kappa shape index (κ1) is 13.2. The van der Waals surface area contributed by atoms with E-state index in [9.17, 15) is 9.59 Å². The molecule has 0 aliphatic rings. The predicted octanol–water partition coefficient (Wildman–Crippen LogP) is 2.03. The van der Waals surface area contributed by atoms with Gasteiger partial charge in [-0.25, -0.2) is 0 Å². The van der Waals surface area contributed by atoms with Crippen LogP contribution in [0.2, 0.25) is 0 Å². The number of aliphatic carboxylic acids is 1. The van der Waals surface area contributed by atoms with Crippen LogP contribution in [-0.2, 0) is 14.3 Å². The molecule has 0 bridgehead atoms. The Hall–Kier alpha value is -1.84. The van der Waals surface area contributed by atoms with E-state index in [0.717, 1.165) is 11.1 Å². The van der Waals surface area contributed by atoms with Crippen molar-refractivity contribution in [2.45, 2.75) is 26.7 Å². The molecule has 0 heterocycles. The maximum atomic E-state index is 11.6. The van der Waals surface area contributed by atoms with Crippen LogP contribution < -0.4 is 0 Å². The van der Waals surface area contributed by atoms with Crippen molar-refractivity contribution in [2.75, 3.05) is 6.61 Å². The van der Waals surface area contributed by atoms with Crippen LogP contribution in [-0.4, -0.2) is 23.7 Å². The van der Waals surface area contributed by atoms with E-state index in [1.165, 1.54) is 0 Å². The van der Waals surface area contributed by atoms with Gasteiger partial charge in [-0.2, -0.15) is 0 Å². The van der Waals surface area contributed by atoms with Gasteiger partial charge in [0.25, 0.3) is 0 Å². The summed E-state index contributed by atoms with van der Waals surface area (Å²) < 4.78 is 4.79. The van der Waals surface area contributed by atoms with Gasteiger partial charge in [-0.05, 0) is 31.9 Å². The molecule has 92 valence electrons. The summed E-state index contributed by atoms with van der Waals surface area (Å²) in [5.41, 5.74) is 2.30. The first-order valence-electron chi connectivity index (χ1n) is 5.44. The lowest BCUT2D eigenvalue weighted by atomic mass is 9.93. The number of esters is 1. The lowest BCUT2D eigenvalue weighted by Crippen LogP contribution is -2.24. The van der Waals surface area contributed by atoms with Gasteiger partial charge in [0.2, 0.25) is 0 Å². The Morgan fingerprint density at radius 3 is 2.47 bits per heavy atom. The van der Waals surface area contributed by atoms with E-state index in [1.807, 2.05) is 13.0 Å². The molecule has 4 heteroatoms. The zero-order valence-electron chi connectivity index (χ0n) is 10.2. The molecule has 0 amide bonds. The molecule has 1 N–H and O–H groups in total. The Balaban J connectivity index is 3.14. The maximum absolute atomic E-state index is 11.6. The minimum atomic E-state index is -1.24. The monoisotopic (exact) mass is 236 g/mol. The molecular formula is C13H16O4. The zero-order valence-corrected chi connectivity index (χ0v) is 10.2. The van der Waals surface area contributed by atoms with Crippen molar-refractivity contribution in [2.24, 2.45) is 0 Å². The Kier molecular flexibility index (Phi) is 4.26. The number of carboxylic acids is 1. The van der Waals surface area contributed by atoms with Gasteiger partial charge in [-0.3, -0.25) is 9.59 Å². The number of aryl methyl sites for hydroxylation is 2. The molecule has 1 rings (SSSR count). The number of carbonyl (C=O) groups is 2. The van der Waals surface area contributed by atoms with E-state index in [-0.39, 0.29) is 6.61 Å². The smallest absolute Gasteiger partial charge is 0.324 e. The molecule has 1 aromatic rings. The zero-order chi connectivity index (χ0) is 13.0. The summed E-state index contributed by atoms with van der Waals surface area (Å²) >= 11 is 0. The molecule has 0 aliphatic heterocycles. The van der Waals surface area contributed by atoms with E-state index in [4.69, 9.17) is 9.84 Å². The van der Waals surface area contributed by atoms with Gasteiger partial charge < -0.3 is 9.84 Å². The van der Waals surface area contributed by atoms with Crippen molar-refractivity contribution in [3.05, 3.63) is 34.9 Å². The highest BCUT2D eigenvalue weighted by Gasteiger charge is 2.30. The van der Waals surface area contributed by atoms with Crippen LogP contribution in [0, 0.1) is 13.8 Å². The molecule has 0 aliphatic carbocycles. The van der Waals surface area contributed by atoms with Crippen molar-refractivity contribution in [3.63, 3.8) is 0 Å². The molecule has 0 spiro atoms. The third-order valence-corrected chi connectivity index (χ3v) is 2.51. The van der Waals surface area contributed by atoms with Gasteiger partial charge in [-0.15, -0.1) is 0 Å². The van der Waals surface area contributed by atoms with E-state index in [1.54, 1.807) is 26.0 Å². The molecule has 0 saturated heterocycles. The molecular weight excluding hydrogens is 220 g/mol. The van der Waals surface area contributed by atoms with Crippen molar-refractivity contribution in [1.82, 2.24) is 0 Å². The van der Waals surface area contributed by atoms with Gasteiger partial charge in [-0.1, -0.05) is 23.8 Å². The van der Waals surface area contributed by atoms with Crippen molar-refractivity contribution in [3.8, 4) is 0 Å². The van der Waals surface area contributed by atoms with Crippen LogP contribution in [0.3, 0.4) is 0 Å². The Labute approximate surface area is 100 Å². The Morgan fingerprint density at radius 2 is 2.00 bits per heavy atom. The summed E-state index contributed by atoms with van der Waals surface area (Å²) in [6.45, 7) is 5.53. The molecule has 1 atom stereocenters. The number of ether oxygens (including phenoxy) is 1. The Morgan fingerprint density at radius 1 is 1.35 bits per heavy atom. The minimum absolute atomic E-state index is 0.174. The van der Waals surface area contributed by atoms with Crippen molar-refractivity contribution < 1.29 is 19.4 Å². The van der Waals surface area contributed by atoms with Crippen LogP contribution in [0.4, 0.5) is 0 Å². The highest BCUT2D eigenvalue weighted by molar-refractivity contribution is 6.00. The van der Waals surface area contributed by atoms with E-state index < -0.39 is 17.9 Å². The lowest BCUT2D eigenvalue weighted by Gasteiger charge is -2.14. The quantitative estimate of drug-likeness (QED) is 0.641. The second kappa shape index (κ2) is 5.48. The first-order valence-corrected chi connectivity index (χ1v) is 5.44. The van der Waals surface area contributed by atoms with Crippen molar-refractivity contribution >= 4 is 11.9 Å². The SMILES string of the molecule is CCOC(=O)C(C(=O)O)c1ccc(C)cc1C. The number of benzene rings is 1. The van der Waals surface area contributed by atoms with Crippen LogP contribution in [0.5, 0.6) is 0 Å². The van der Waals surface area contributed by atoms with Crippen LogP contribution in [0.15, 0.2) is 18.2 Å². The van der Waals surface area contributed by atoms with Gasteiger partial charge in [0.1, 0.15) is 0 Å². The van der Waals surface area contributed by atoms with Gasteiger partial charge in [0, 0.05) is 0 Å². The topological polar surface area (TPSA) is 63.6 Å². The molecule has 17 heavy (non-hydrogen) atoms. The summed E-state index contributed by atoms with van der Waals surface area (Å²) in [6.07, 6.45) is 0. The summed E-state index contributed by atoms with van der Waals surface area (Å²) in [5, 5.41) is 9.12. The van der Waals surface area contributed by atoms with Gasteiger partial charge in [0.05, 0.1) is 6.61 Å². The van der Waals surface area contributed by atoms with Crippen LogP contribution in [0.25, 0.3) is 0 Å². The molecule has 0 aromatic heterocycles. The maximum Gasteiger partial charge on any atom is 0.324 e. The number of carbonyl (C=O) groups excluding carboxylic acids is 1.